The minimum absolute atomic E-state index is 0. The van der Waals surface area contributed by atoms with Crippen LogP contribution in [0.1, 0.15) is 16.1 Å². The van der Waals surface area contributed by atoms with Gasteiger partial charge in [0, 0.05) is 34.9 Å². The van der Waals surface area contributed by atoms with Crippen molar-refractivity contribution >= 4 is 63.3 Å². The standard InChI is InChI=1S/C22H20Cl2N4O.ClH/c1-12-4-3-5-14-15-11-18(22(29)26-9-8-25-2)27-20(21(15)28-19(12)14)13-6-7-16(23)17(24)10-13;/h3-7,10-11,25,28H,8-9H2,1-2H3,(H,26,29);1H. The normalized spacial score (nSPS) is 10.9. The topological polar surface area (TPSA) is 69.8 Å². The summed E-state index contributed by atoms with van der Waals surface area (Å²) in [5.74, 6) is -0.217. The van der Waals surface area contributed by atoms with Gasteiger partial charge in [0.15, 0.2) is 0 Å². The van der Waals surface area contributed by atoms with Crippen molar-refractivity contribution in [2.75, 3.05) is 20.1 Å². The Balaban J connectivity index is 0.00000256. The molecule has 1 amide bonds. The number of para-hydroxylation sites is 1. The van der Waals surface area contributed by atoms with Gasteiger partial charge in [-0.1, -0.05) is 47.5 Å². The molecule has 0 saturated carbocycles. The minimum atomic E-state index is -0.217. The number of hydrogen-bond donors (Lipinski definition) is 3. The number of H-pyrrole nitrogens is 1. The number of amides is 1. The van der Waals surface area contributed by atoms with Crippen LogP contribution in [0, 0.1) is 6.92 Å². The summed E-state index contributed by atoms with van der Waals surface area (Å²) in [6.45, 7) is 3.25. The highest BCUT2D eigenvalue weighted by molar-refractivity contribution is 6.42. The van der Waals surface area contributed by atoms with Crippen LogP contribution >= 0.6 is 35.6 Å². The number of carbonyl (C=O) groups excluding carboxylic acids is 1. The van der Waals surface area contributed by atoms with Crippen LogP contribution in [0.5, 0.6) is 0 Å². The van der Waals surface area contributed by atoms with Crippen molar-refractivity contribution in [2.24, 2.45) is 0 Å². The lowest BCUT2D eigenvalue weighted by molar-refractivity contribution is 0.0949. The Morgan fingerprint density at radius 1 is 1.03 bits per heavy atom. The number of fused-ring (bicyclic) bond motifs is 3. The molecule has 0 aliphatic rings. The number of halogens is 3. The first-order valence-electron chi connectivity index (χ1n) is 9.30. The Hall–Kier alpha value is -2.31. The number of aryl methyl sites for hydroxylation is 1. The van der Waals surface area contributed by atoms with Crippen molar-refractivity contribution in [1.29, 1.82) is 0 Å². The number of aromatic nitrogens is 2. The van der Waals surface area contributed by atoms with Crippen LogP contribution < -0.4 is 10.6 Å². The van der Waals surface area contributed by atoms with Gasteiger partial charge in [-0.2, -0.15) is 0 Å². The van der Waals surface area contributed by atoms with E-state index in [-0.39, 0.29) is 18.3 Å². The second-order valence-corrected chi connectivity index (χ2v) is 7.70. The number of pyridine rings is 1. The summed E-state index contributed by atoms with van der Waals surface area (Å²) < 4.78 is 0. The van der Waals surface area contributed by atoms with Gasteiger partial charge in [0.25, 0.3) is 5.91 Å². The van der Waals surface area contributed by atoms with Gasteiger partial charge in [0.05, 0.1) is 21.3 Å². The van der Waals surface area contributed by atoms with Gasteiger partial charge in [-0.3, -0.25) is 4.79 Å². The van der Waals surface area contributed by atoms with Crippen molar-refractivity contribution in [1.82, 2.24) is 20.6 Å². The van der Waals surface area contributed by atoms with Crippen molar-refractivity contribution in [3.63, 3.8) is 0 Å². The maximum absolute atomic E-state index is 12.7. The smallest absolute Gasteiger partial charge is 0.269 e. The Labute approximate surface area is 190 Å². The van der Waals surface area contributed by atoms with E-state index in [0.717, 1.165) is 32.9 Å². The molecule has 2 heterocycles. The number of carbonyl (C=O) groups is 1. The number of likely N-dealkylation sites (N-methyl/N-ethyl adjacent to an activating group) is 1. The fourth-order valence-corrected chi connectivity index (χ4v) is 3.73. The molecule has 2 aromatic carbocycles. The van der Waals surface area contributed by atoms with Crippen LogP contribution in [-0.2, 0) is 0 Å². The zero-order valence-corrected chi connectivity index (χ0v) is 18.8. The zero-order valence-electron chi connectivity index (χ0n) is 16.5. The second kappa shape index (κ2) is 9.23. The molecule has 0 aliphatic heterocycles. The lowest BCUT2D eigenvalue weighted by atomic mass is 10.1. The fraction of sp³-hybridized carbons (Fsp3) is 0.182. The summed E-state index contributed by atoms with van der Waals surface area (Å²) in [5.41, 5.74) is 4.82. The molecule has 5 nitrogen and oxygen atoms in total. The molecule has 0 aliphatic carbocycles. The zero-order chi connectivity index (χ0) is 20.5. The maximum atomic E-state index is 12.7. The van der Waals surface area contributed by atoms with E-state index in [1.165, 1.54) is 0 Å². The fourth-order valence-electron chi connectivity index (χ4n) is 3.43. The van der Waals surface area contributed by atoms with Gasteiger partial charge in [-0.15, -0.1) is 12.4 Å². The maximum Gasteiger partial charge on any atom is 0.269 e. The molecule has 0 radical (unpaired) electrons. The number of benzene rings is 2. The van der Waals surface area contributed by atoms with E-state index in [1.807, 2.05) is 31.3 Å². The van der Waals surface area contributed by atoms with Crippen LogP contribution in [-0.4, -0.2) is 36.0 Å². The highest BCUT2D eigenvalue weighted by Crippen LogP contribution is 2.35. The van der Waals surface area contributed by atoms with Crippen molar-refractivity contribution in [3.05, 3.63) is 63.8 Å². The summed E-state index contributed by atoms with van der Waals surface area (Å²) in [4.78, 5) is 20.9. The predicted octanol–water partition coefficient (Wildman–Crippen LogP) is 5.37. The first kappa shape index (κ1) is 22.4. The predicted molar refractivity (Wildman–Crippen MR) is 127 cm³/mol. The number of hydrogen-bond acceptors (Lipinski definition) is 3. The summed E-state index contributed by atoms with van der Waals surface area (Å²) >= 11 is 12.3. The Kier molecular flexibility index (Phi) is 6.88. The van der Waals surface area contributed by atoms with Crippen molar-refractivity contribution in [3.8, 4) is 11.3 Å². The molecular weight excluding hydrogens is 443 g/mol. The number of nitrogens with zero attached hydrogens (tertiary/aromatic N) is 1. The van der Waals surface area contributed by atoms with Gasteiger partial charge >= 0.3 is 0 Å². The lowest BCUT2D eigenvalue weighted by Gasteiger charge is -2.09. The monoisotopic (exact) mass is 462 g/mol. The first-order chi connectivity index (χ1) is 14.0. The van der Waals surface area contributed by atoms with E-state index in [0.29, 0.717) is 34.5 Å². The quantitative estimate of drug-likeness (QED) is 0.349. The molecule has 4 aromatic rings. The van der Waals surface area contributed by atoms with Gasteiger partial charge < -0.3 is 15.6 Å². The average molecular weight is 464 g/mol. The number of aromatic amines is 1. The summed E-state index contributed by atoms with van der Waals surface area (Å²) in [6.07, 6.45) is 0. The van der Waals surface area contributed by atoms with Gasteiger partial charge in [-0.25, -0.2) is 4.98 Å². The molecule has 0 atom stereocenters. The van der Waals surface area contributed by atoms with E-state index in [9.17, 15) is 4.79 Å². The van der Waals surface area contributed by atoms with Crippen molar-refractivity contribution in [2.45, 2.75) is 6.92 Å². The molecule has 4 rings (SSSR count). The van der Waals surface area contributed by atoms with Gasteiger partial charge in [0.2, 0.25) is 0 Å². The molecule has 8 heteroatoms. The number of nitrogens with one attached hydrogen (secondary N) is 3. The molecule has 0 fully saturated rings. The van der Waals surface area contributed by atoms with Crippen LogP contribution in [0.3, 0.4) is 0 Å². The van der Waals surface area contributed by atoms with Crippen LogP contribution in [0.4, 0.5) is 0 Å². The van der Waals surface area contributed by atoms with E-state index in [2.05, 4.69) is 33.6 Å². The highest BCUT2D eigenvalue weighted by atomic mass is 35.5. The molecule has 3 N–H and O–H groups in total. The molecule has 0 bridgehead atoms. The Morgan fingerprint density at radius 2 is 1.83 bits per heavy atom. The molecular formula is C22H21Cl3N4O. The third-order valence-corrected chi connectivity index (χ3v) is 5.66. The molecule has 156 valence electrons. The summed E-state index contributed by atoms with van der Waals surface area (Å²) in [6, 6.07) is 13.3. The van der Waals surface area contributed by atoms with Gasteiger partial charge in [-0.05, 0) is 37.7 Å². The molecule has 2 aromatic heterocycles. The van der Waals surface area contributed by atoms with Crippen molar-refractivity contribution < 1.29 is 4.79 Å². The summed E-state index contributed by atoms with van der Waals surface area (Å²) in [5, 5.41) is 8.81. The highest BCUT2D eigenvalue weighted by Gasteiger charge is 2.18. The summed E-state index contributed by atoms with van der Waals surface area (Å²) in [7, 11) is 1.84. The lowest BCUT2D eigenvalue weighted by Crippen LogP contribution is -2.31. The average Bonchev–Trinajstić information content (AvgIpc) is 3.10. The number of rotatable bonds is 5. The van der Waals surface area contributed by atoms with E-state index >= 15 is 0 Å². The molecule has 30 heavy (non-hydrogen) atoms. The Morgan fingerprint density at radius 3 is 2.57 bits per heavy atom. The molecule has 0 unspecified atom stereocenters. The molecule has 0 saturated heterocycles. The van der Waals surface area contributed by atoms with Crippen LogP contribution in [0.25, 0.3) is 33.1 Å². The van der Waals surface area contributed by atoms with E-state index < -0.39 is 0 Å². The third kappa shape index (κ3) is 4.12. The molecule has 0 spiro atoms. The van der Waals surface area contributed by atoms with Crippen LogP contribution in [0.2, 0.25) is 10.0 Å². The van der Waals surface area contributed by atoms with E-state index in [1.54, 1.807) is 12.1 Å². The van der Waals surface area contributed by atoms with Crippen LogP contribution in [0.15, 0.2) is 42.5 Å². The first-order valence-corrected chi connectivity index (χ1v) is 10.1. The SMILES string of the molecule is CNCCNC(=O)c1cc2c([nH]c3c(C)cccc32)c(-c2ccc(Cl)c(Cl)c2)n1.Cl. The Bertz CT molecular complexity index is 1240. The second-order valence-electron chi connectivity index (χ2n) is 6.89. The minimum Gasteiger partial charge on any atom is -0.353 e. The van der Waals surface area contributed by atoms with E-state index in [4.69, 9.17) is 23.2 Å². The largest absolute Gasteiger partial charge is 0.353 e. The third-order valence-electron chi connectivity index (χ3n) is 4.92. The van der Waals surface area contributed by atoms with Gasteiger partial charge in [0.1, 0.15) is 5.69 Å².